The first-order chi connectivity index (χ1) is 4.70. The van der Waals surface area contributed by atoms with Gasteiger partial charge in [-0.15, -0.1) is 0 Å². The summed E-state index contributed by atoms with van der Waals surface area (Å²) in [5, 5.41) is 0. The van der Waals surface area contributed by atoms with Crippen LogP contribution in [-0.4, -0.2) is 0 Å². The van der Waals surface area contributed by atoms with Crippen LogP contribution in [0.5, 0.6) is 0 Å². The van der Waals surface area contributed by atoms with Gasteiger partial charge < -0.3 is 0 Å². The molecule has 0 amide bonds. The zero-order valence-electron chi connectivity index (χ0n) is 6.22. The fourth-order valence-corrected chi connectivity index (χ4v) is 0.795. The molecule has 1 rings (SSSR count). The minimum Gasteiger partial charge on any atom is -0.290 e. The number of rotatable bonds is 0. The van der Waals surface area contributed by atoms with Crippen molar-refractivity contribution in [1.29, 1.82) is 0 Å². The van der Waals surface area contributed by atoms with E-state index in [1.807, 2.05) is 32.0 Å². The van der Waals surface area contributed by atoms with Gasteiger partial charge in [0.1, 0.15) is 0 Å². The van der Waals surface area contributed by atoms with E-state index in [0.29, 0.717) is 0 Å². The van der Waals surface area contributed by atoms with E-state index in [4.69, 9.17) is 0 Å². The molecular weight excluding hydrogens is 124 g/mol. The molecule has 0 N–H and O–H groups in total. The number of aryl methyl sites for hydroxylation is 2. The molecule has 0 fully saturated rings. The van der Waals surface area contributed by atoms with Gasteiger partial charge in [-0.05, 0) is 31.0 Å². The average Bonchev–Trinajstić information content (AvgIpc) is 1.96. The third-order valence-electron chi connectivity index (χ3n) is 1.45. The van der Waals surface area contributed by atoms with Crippen molar-refractivity contribution in [1.82, 2.24) is 0 Å². The van der Waals surface area contributed by atoms with Crippen LogP contribution < -0.4 is 5.43 Å². The predicted octanol–water partition coefficient (Wildman–Crippen LogP) is 1.66. The van der Waals surface area contributed by atoms with Crippen LogP contribution in [0.25, 0.3) is 0 Å². The molecule has 0 saturated heterocycles. The van der Waals surface area contributed by atoms with Gasteiger partial charge in [-0.1, -0.05) is 18.2 Å². The van der Waals surface area contributed by atoms with Gasteiger partial charge in [0.25, 0.3) is 0 Å². The Balaban J connectivity index is 3.46. The van der Waals surface area contributed by atoms with Gasteiger partial charge in [-0.3, -0.25) is 4.79 Å². The Kier molecular flexibility index (Phi) is 1.86. The van der Waals surface area contributed by atoms with Crippen molar-refractivity contribution >= 4 is 0 Å². The Morgan fingerprint density at radius 1 is 1.20 bits per heavy atom. The molecule has 1 heteroatoms. The van der Waals surface area contributed by atoms with Crippen LogP contribution in [0.3, 0.4) is 0 Å². The van der Waals surface area contributed by atoms with E-state index in [0.717, 1.165) is 11.1 Å². The second-order valence-electron chi connectivity index (χ2n) is 2.46. The lowest BCUT2D eigenvalue weighted by molar-refractivity contribution is 1.41. The maximum atomic E-state index is 11.0. The topological polar surface area (TPSA) is 17.1 Å². The Hall–Kier alpha value is -1.11. The molecule has 0 saturated carbocycles. The monoisotopic (exact) mass is 134 g/mol. The summed E-state index contributed by atoms with van der Waals surface area (Å²) in [5.74, 6) is 0. The molecule has 1 aromatic carbocycles. The number of hydrogen-bond donors (Lipinski definition) is 0. The second kappa shape index (κ2) is 2.65. The minimum absolute atomic E-state index is 0.113. The molecule has 52 valence electrons. The highest BCUT2D eigenvalue weighted by molar-refractivity contribution is 5.17. The lowest BCUT2D eigenvalue weighted by atomic mass is 10.3. The molecule has 0 radical (unpaired) electrons. The summed E-state index contributed by atoms with van der Waals surface area (Å²) in [6, 6.07) is 7.30. The summed E-state index contributed by atoms with van der Waals surface area (Å²) in [7, 11) is 0. The minimum atomic E-state index is 0.113. The van der Waals surface area contributed by atoms with E-state index in [1.54, 1.807) is 6.07 Å². The van der Waals surface area contributed by atoms with Crippen molar-refractivity contribution in [3.05, 3.63) is 45.6 Å². The third kappa shape index (κ3) is 1.44. The molecule has 1 aromatic rings. The molecule has 10 heavy (non-hydrogen) atoms. The van der Waals surface area contributed by atoms with Gasteiger partial charge >= 0.3 is 0 Å². The maximum Gasteiger partial charge on any atom is 0.181 e. The van der Waals surface area contributed by atoms with Crippen LogP contribution >= 0.6 is 0 Å². The van der Waals surface area contributed by atoms with Crippen LogP contribution in [0.1, 0.15) is 11.1 Å². The lowest BCUT2D eigenvalue weighted by Crippen LogP contribution is -1.97. The molecule has 0 unspecified atom stereocenters. The molecule has 0 spiro atoms. The summed E-state index contributed by atoms with van der Waals surface area (Å²) >= 11 is 0. The average molecular weight is 134 g/mol. The smallest absolute Gasteiger partial charge is 0.181 e. The molecular formula is C9H10O. The summed E-state index contributed by atoms with van der Waals surface area (Å²) in [6.07, 6.45) is 0. The van der Waals surface area contributed by atoms with E-state index < -0.39 is 0 Å². The van der Waals surface area contributed by atoms with Gasteiger partial charge in [0.15, 0.2) is 5.43 Å². The van der Waals surface area contributed by atoms with E-state index in [1.165, 1.54) is 0 Å². The van der Waals surface area contributed by atoms with E-state index in [9.17, 15) is 4.79 Å². The summed E-state index contributed by atoms with van der Waals surface area (Å²) in [4.78, 5) is 11.0. The van der Waals surface area contributed by atoms with Crippen LogP contribution in [-0.2, 0) is 0 Å². The summed E-state index contributed by atoms with van der Waals surface area (Å²) in [6.45, 7) is 3.74. The van der Waals surface area contributed by atoms with Gasteiger partial charge in [0.2, 0.25) is 0 Å². The van der Waals surface area contributed by atoms with Crippen molar-refractivity contribution in [2.24, 2.45) is 0 Å². The van der Waals surface area contributed by atoms with Crippen LogP contribution in [0.4, 0.5) is 0 Å². The van der Waals surface area contributed by atoms with Crippen molar-refractivity contribution in [2.75, 3.05) is 0 Å². The SMILES string of the molecule is Cc1cccc(C)c(=O)c1. The van der Waals surface area contributed by atoms with Gasteiger partial charge in [-0.25, -0.2) is 0 Å². The van der Waals surface area contributed by atoms with Crippen molar-refractivity contribution in [3.63, 3.8) is 0 Å². The van der Waals surface area contributed by atoms with Gasteiger partial charge in [0, 0.05) is 0 Å². The Labute approximate surface area is 60.3 Å². The number of hydrogen-bond acceptors (Lipinski definition) is 1. The first-order valence-electron chi connectivity index (χ1n) is 3.28. The van der Waals surface area contributed by atoms with Crippen LogP contribution in [0.2, 0.25) is 0 Å². The fraction of sp³-hybridized carbons (Fsp3) is 0.222. The Morgan fingerprint density at radius 2 is 1.90 bits per heavy atom. The first-order valence-corrected chi connectivity index (χ1v) is 3.28. The highest BCUT2D eigenvalue weighted by Crippen LogP contribution is 1.91. The Morgan fingerprint density at radius 3 is 2.60 bits per heavy atom. The van der Waals surface area contributed by atoms with Gasteiger partial charge in [-0.2, -0.15) is 0 Å². The van der Waals surface area contributed by atoms with E-state index in [2.05, 4.69) is 0 Å². The van der Waals surface area contributed by atoms with Crippen molar-refractivity contribution in [2.45, 2.75) is 13.8 Å². The van der Waals surface area contributed by atoms with Crippen LogP contribution in [0, 0.1) is 13.8 Å². The fourth-order valence-electron chi connectivity index (χ4n) is 0.795. The molecule has 0 atom stereocenters. The molecule has 0 aliphatic carbocycles. The van der Waals surface area contributed by atoms with Crippen molar-refractivity contribution in [3.8, 4) is 0 Å². The maximum absolute atomic E-state index is 11.0. The molecule has 0 aliphatic heterocycles. The molecule has 0 heterocycles. The normalized spacial score (nSPS) is 9.40. The standard InChI is InChI=1S/C9H10O/c1-7-4-3-5-8(2)9(10)6-7/h3-6H,1-2H3. The van der Waals surface area contributed by atoms with E-state index in [-0.39, 0.29) is 5.43 Å². The third-order valence-corrected chi connectivity index (χ3v) is 1.45. The lowest BCUT2D eigenvalue weighted by Gasteiger charge is -1.77. The predicted molar refractivity (Wildman–Crippen MR) is 42.2 cm³/mol. The van der Waals surface area contributed by atoms with Crippen molar-refractivity contribution < 1.29 is 0 Å². The summed E-state index contributed by atoms with van der Waals surface area (Å²) in [5.41, 5.74) is 1.92. The van der Waals surface area contributed by atoms with Crippen LogP contribution in [0.15, 0.2) is 29.1 Å². The first kappa shape index (κ1) is 7.00. The Bertz CT molecular complexity index is 289. The molecule has 0 bridgehead atoms. The van der Waals surface area contributed by atoms with Gasteiger partial charge in [0.05, 0.1) is 0 Å². The highest BCUT2D eigenvalue weighted by Gasteiger charge is 1.87. The second-order valence-corrected chi connectivity index (χ2v) is 2.46. The van der Waals surface area contributed by atoms with E-state index >= 15 is 0 Å². The highest BCUT2D eigenvalue weighted by atomic mass is 16.1. The zero-order chi connectivity index (χ0) is 7.56. The molecule has 1 nitrogen and oxygen atoms in total. The zero-order valence-corrected chi connectivity index (χ0v) is 6.22. The molecule has 0 aromatic heterocycles. The quantitative estimate of drug-likeness (QED) is 0.527. The molecule has 0 aliphatic rings. The largest absolute Gasteiger partial charge is 0.290 e. The summed E-state index contributed by atoms with van der Waals surface area (Å²) < 4.78 is 0.